The van der Waals surface area contributed by atoms with Crippen LogP contribution in [-0.4, -0.2) is 62.7 Å². The van der Waals surface area contributed by atoms with Gasteiger partial charge in [-0.15, -0.1) is 0 Å². The van der Waals surface area contributed by atoms with Crippen LogP contribution in [0.2, 0.25) is 0 Å². The van der Waals surface area contributed by atoms with Gasteiger partial charge in [-0.3, -0.25) is 4.90 Å². The van der Waals surface area contributed by atoms with Crippen molar-refractivity contribution in [1.29, 1.82) is 0 Å². The minimum Gasteiger partial charge on any atom is -0.486 e. The molecule has 3 rings (SSSR count). The summed E-state index contributed by atoms with van der Waals surface area (Å²) in [5.41, 5.74) is 0.127. The fourth-order valence-electron chi connectivity index (χ4n) is 4.11. The second-order valence-electron chi connectivity index (χ2n) is 9.20. The number of piperidine rings is 1. The minimum absolute atomic E-state index is 0.0867. The van der Waals surface area contributed by atoms with Crippen LogP contribution in [0.15, 0.2) is 24.3 Å². The van der Waals surface area contributed by atoms with E-state index in [1.165, 1.54) is 12.8 Å². The van der Waals surface area contributed by atoms with Crippen molar-refractivity contribution in [2.45, 2.75) is 58.7 Å². The first kappa shape index (κ1) is 21.4. The summed E-state index contributed by atoms with van der Waals surface area (Å²) in [7, 11) is 0. The maximum atomic E-state index is 6.17. The van der Waals surface area contributed by atoms with Gasteiger partial charge in [0, 0.05) is 18.5 Å². The highest BCUT2D eigenvalue weighted by Gasteiger charge is 2.35. The molecule has 28 heavy (non-hydrogen) atoms. The van der Waals surface area contributed by atoms with E-state index in [9.17, 15) is 0 Å². The van der Waals surface area contributed by atoms with Crippen LogP contribution in [0, 0.1) is 5.41 Å². The van der Waals surface area contributed by atoms with Gasteiger partial charge in [0.1, 0.15) is 12.7 Å². The molecule has 0 radical (unpaired) electrons. The highest BCUT2D eigenvalue weighted by Crippen LogP contribution is 2.35. The molecule has 2 atom stereocenters. The van der Waals surface area contributed by atoms with Crippen LogP contribution in [0.5, 0.6) is 11.5 Å². The van der Waals surface area contributed by atoms with E-state index >= 15 is 0 Å². The Labute approximate surface area is 170 Å². The maximum Gasteiger partial charge on any atom is 0.161 e. The summed E-state index contributed by atoms with van der Waals surface area (Å²) in [6.07, 6.45) is 3.66. The Hall–Kier alpha value is -1.30. The van der Waals surface area contributed by atoms with E-state index < -0.39 is 0 Å². The number of benzene rings is 1. The van der Waals surface area contributed by atoms with Crippen LogP contribution in [0.3, 0.4) is 0 Å². The number of fused-ring (bicyclic) bond motifs is 1. The Morgan fingerprint density at radius 3 is 2.71 bits per heavy atom. The Balaban J connectivity index is 1.46. The quantitative estimate of drug-likeness (QED) is 0.623. The van der Waals surface area contributed by atoms with Crippen LogP contribution in [0.4, 0.5) is 0 Å². The molecule has 0 N–H and O–H groups in total. The predicted molar refractivity (Wildman–Crippen MR) is 111 cm³/mol. The lowest BCUT2D eigenvalue weighted by molar-refractivity contribution is -0.0639. The number of hydrogen-bond acceptors (Lipinski definition) is 5. The van der Waals surface area contributed by atoms with Crippen molar-refractivity contribution in [3.8, 4) is 11.5 Å². The van der Waals surface area contributed by atoms with Gasteiger partial charge in [0.2, 0.25) is 0 Å². The zero-order valence-electron chi connectivity index (χ0n) is 18.0. The molecule has 0 aliphatic carbocycles. The number of para-hydroxylation sites is 2. The fraction of sp³-hybridized carbons (Fsp3) is 0.739. The third-order valence-corrected chi connectivity index (χ3v) is 5.69. The van der Waals surface area contributed by atoms with Gasteiger partial charge in [-0.2, -0.15) is 0 Å². The number of ether oxygens (including phenoxy) is 4. The monoisotopic (exact) mass is 391 g/mol. The van der Waals surface area contributed by atoms with Gasteiger partial charge in [-0.1, -0.05) is 19.1 Å². The number of likely N-dealkylation sites (tertiary alicyclic amines) is 1. The minimum atomic E-state index is -0.103. The van der Waals surface area contributed by atoms with Crippen molar-refractivity contribution in [3.05, 3.63) is 24.3 Å². The van der Waals surface area contributed by atoms with Gasteiger partial charge in [-0.25, -0.2) is 0 Å². The van der Waals surface area contributed by atoms with Gasteiger partial charge in [0.05, 0.1) is 25.4 Å². The van der Waals surface area contributed by atoms with Crippen molar-refractivity contribution >= 4 is 0 Å². The zero-order chi connectivity index (χ0) is 20.0. The smallest absolute Gasteiger partial charge is 0.161 e. The Morgan fingerprint density at radius 2 is 1.96 bits per heavy atom. The van der Waals surface area contributed by atoms with E-state index in [0.717, 1.165) is 44.2 Å². The van der Waals surface area contributed by atoms with E-state index in [2.05, 4.69) is 32.6 Å². The first-order chi connectivity index (χ1) is 13.4. The molecule has 1 fully saturated rings. The lowest BCUT2D eigenvalue weighted by atomic mass is 9.78. The highest BCUT2D eigenvalue weighted by atomic mass is 16.6. The molecule has 5 nitrogen and oxygen atoms in total. The molecule has 2 aliphatic rings. The van der Waals surface area contributed by atoms with Gasteiger partial charge in [-0.05, 0) is 58.7 Å². The molecular weight excluding hydrogens is 354 g/mol. The van der Waals surface area contributed by atoms with E-state index in [1.807, 2.05) is 24.3 Å². The Kier molecular flexibility index (Phi) is 7.24. The van der Waals surface area contributed by atoms with Crippen LogP contribution in [0.25, 0.3) is 0 Å². The summed E-state index contributed by atoms with van der Waals surface area (Å²) < 4.78 is 23.9. The van der Waals surface area contributed by atoms with Crippen molar-refractivity contribution in [3.63, 3.8) is 0 Å². The van der Waals surface area contributed by atoms with Gasteiger partial charge >= 0.3 is 0 Å². The summed E-state index contributed by atoms with van der Waals surface area (Å²) in [5.74, 6) is 1.71. The van der Waals surface area contributed by atoms with Crippen molar-refractivity contribution < 1.29 is 18.9 Å². The Morgan fingerprint density at radius 1 is 1.18 bits per heavy atom. The molecule has 1 aromatic rings. The molecule has 2 heterocycles. The molecule has 0 aromatic heterocycles. The van der Waals surface area contributed by atoms with E-state index in [-0.39, 0.29) is 17.1 Å². The summed E-state index contributed by atoms with van der Waals surface area (Å²) >= 11 is 0. The molecule has 5 heteroatoms. The third-order valence-electron chi connectivity index (χ3n) is 5.69. The first-order valence-corrected chi connectivity index (χ1v) is 10.7. The molecule has 2 aliphatic heterocycles. The molecule has 0 saturated carbocycles. The summed E-state index contributed by atoms with van der Waals surface area (Å²) in [6, 6.07) is 7.93. The van der Waals surface area contributed by atoms with Gasteiger partial charge in [0.25, 0.3) is 0 Å². The normalized spacial score (nSPS) is 25.6. The van der Waals surface area contributed by atoms with E-state index in [4.69, 9.17) is 18.9 Å². The first-order valence-electron chi connectivity index (χ1n) is 10.7. The van der Waals surface area contributed by atoms with Gasteiger partial charge < -0.3 is 18.9 Å². The molecule has 1 aromatic carbocycles. The van der Waals surface area contributed by atoms with Crippen LogP contribution in [0.1, 0.15) is 47.0 Å². The SMILES string of the molecule is CCC1(COCCOC(C)(C)C)CCCN(CC2COc3ccccc3O2)C1. The number of nitrogens with zero attached hydrogens (tertiary/aromatic N) is 1. The van der Waals surface area contributed by atoms with Crippen LogP contribution in [-0.2, 0) is 9.47 Å². The fourth-order valence-corrected chi connectivity index (χ4v) is 4.11. The average molecular weight is 392 g/mol. The largest absolute Gasteiger partial charge is 0.486 e. The second kappa shape index (κ2) is 9.47. The Bertz CT molecular complexity index is 615. The second-order valence-corrected chi connectivity index (χ2v) is 9.20. The maximum absolute atomic E-state index is 6.17. The van der Waals surface area contributed by atoms with Crippen LogP contribution < -0.4 is 9.47 Å². The molecule has 158 valence electrons. The number of hydrogen-bond donors (Lipinski definition) is 0. The van der Waals surface area contributed by atoms with Crippen molar-refractivity contribution in [2.75, 3.05) is 46.1 Å². The molecule has 2 unspecified atom stereocenters. The molecule has 0 spiro atoms. The van der Waals surface area contributed by atoms with Crippen LogP contribution >= 0.6 is 0 Å². The summed E-state index contributed by atoms with van der Waals surface area (Å²) in [5, 5.41) is 0. The lowest BCUT2D eigenvalue weighted by Crippen LogP contribution is -2.50. The number of rotatable bonds is 8. The molecule has 0 bridgehead atoms. The standard InChI is InChI=1S/C23H37NO4/c1-5-23(18-25-13-14-27-22(2,3)4)11-8-12-24(17-23)15-19-16-26-20-9-6-7-10-21(20)28-19/h6-7,9-10,19H,5,8,11-18H2,1-4H3. The molecule has 0 amide bonds. The summed E-state index contributed by atoms with van der Waals surface area (Å²) in [6.45, 7) is 14.3. The lowest BCUT2D eigenvalue weighted by Gasteiger charge is -2.43. The van der Waals surface area contributed by atoms with Crippen molar-refractivity contribution in [1.82, 2.24) is 4.90 Å². The van der Waals surface area contributed by atoms with Gasteiger partial charge in [0.15, 0.2) is 11.5 Å². The molecular formula is C23H37NO4. The van der Waals surface area contributed by atoms with E-state index in [0.29, 0.717) is 19.8 Å². The molecule has 1 saturated heterocycles. The topological polar surface area (TPSA) is 40.2 Å². The average Bonchev–Trinajstić information content (AvgIpc) is 2.67. The van der Waals surface area contributed by atoms with E-state index in [1.54, 1.807) is 0 Å². The highest BCUT2D eigenvalue weighted by molar-refractivity contribution is 5.40. The van der Waals surface area contributed by atoms with Crippen molar-refractivity contribution in [2.24, 2.45) is 5.41 Å². The third kappa shape index (κ3) is 6.10. The summed E-state index contributed by atoms with van der Waals surface area (Å²) in [4.78, 5) is 2.53. The predicted octanol–water partition coefficient (Wildman–Crippen LogP) is 4.15. The zero-order valence-corrected chi connectivity index (χ0v) is 18.0.